The first-order valence-corrected chi connectivity index (χ1v) is 18.3. The van der Waals surface area contributed by atoms with Crippen molar-refractivity contribution in [2.75, 3.05) is 4.90 Å². The molecule has 0 radical (unpaired) electrons. The van der Waals surface area contributed by atoms with E-state index in [1.807, 2.05) is 11.3 Å². The van der Waals surface area contributed by atoms with Crippen molar-refractivity contribution in [3.63, 3.8) is 0 Å². The normalized spacial score (nSPS) is 11.2. The van der Waals surface area contributed by atoms with Crippen LogP contribution in [0.25, 0.3) is 64.7 Å². The second-order valence-corrected chi connectivity index (χ2v) is 14.0. The molecule has 1 nitrogen and oxygen atoms in total. The number of anilines is 3. The zero-order chi connectivity index (χ0) is 34.1. The Morgan fingerprint density at radius 2 is 0.882 bits per heavy atom. The van der Waals surface area contributed by atoms with Crippen molar-refractivity contribution in [1.29, 1.82) is 0 Å². The van der Waals surface area contributed by atoms with Crippen LogP contribution < -0.4 is 4.90 Å². The lowest BCUT2D eigenvalue weighted by atomic mass is 9.92. The molecule has 2 heteroatoms. The summed E-state index contributed by atoms with van der Waals surface area (Å²) in [6, 6.07) is 70.3. The summed E-state index contributed by atoms with van der Waals surface area (Å²) in [5.41, 5.74) is 14.5. The molecule has 9 aromatic rings. The Morgan fingerprint density at radius 1 is 0.373 bits per heavy atom. The molecule has 0 atom stereocenters. The van der Waals surface area contributed by atoms with Crippen LogP contribution in [0.1, 0.15) is 5.56 Å². The van der Waals surface area contributed by atoms with Gasteiger partial charge in [0, 0.05) is 26.8 Å². The first kappa shape index (κ1) is 30.8. The van der Waals surface area contributed by atoms with Gasteiger partial charge in [-0.2, -0.15) is 0 Å². The number of nitrogens with zero attached hydrogens (tertiary/aromatic N) is 1. The molecule has 0 saturated heterocycles. The summed E-state index contributed by atoms with van der Waals surface area (Å²) in [5, 5.41) is 2.59. The fourth-order valence-corrected chi connectivity index (χ4v) is 8.61. The number of benzene rings is 8. The highest BCUT2D eigenvalue weighted by molar-refractivity contribution is 7.26. The van der Waals surface area contributed by atoms with Gasteiger partial charge in [-0.05, 0) is 93.4 Å². The Hall–Kier alpha value is -6.22. The molecule has 1 aromatic heterocycles. The minimum Gasteiger partial charge on any atom is -0.309 e. The monoisotopic (exact) mass is 669 g/mol. The van der Waals surface area contributed by atoms with Crippen molar-refractivity contribution < 1.29 is 0 Å². The Labute approximate surface area is 303 Å². The molecule has 0 unspecified atom stereocenters. The maximum atomic E-state index is 2.43. The average Bonchev–Trinajstić information content (AvgIpc) is 3.59. The lowest BCUT2D eigenvalue weighted by Gasteiger charge is -2.27. The molecule has 8 aromatic carbocycles. The highest BCUT2D eigenvalue weighted by Crippen LogP contribution is 2.46. The van der Waals surface area contributed by atoms with Crippen LogP contribution in [-0.2, 0) is 0 Å². The summed E-state index contributed by atoms with van der Waals surface area (Å²) in [5.74, 6) is 0. The molecular formula is C49H35NS. The number of aryl methyl sites for hydroxylation is 1. The molecule has 0 fully saturated rings. The van der Waals surface area contributed by atoms with E-state index >= 15 is 0 Å². The third kappa shape index (κ3) is 5.70. The van der Waals surface area contributed by atoms with Crippen molar-refractivity contribution in [3.05, 3.63) is 200 Å². The minimum absolute atomic E-state index is 1.12. The maximum Gasteiger partial charge on any atom is 0.0640 e. The molecule has 1 heterocycles. The summed E-state index contributed by atoms with van der Waals surface area (Å²) in [7, 11) is 0. The third-order valence-electron chi connectivity index (χ3n) is 9.84. The van der Waals surface area contributed by atoms with Gasteiger partial charge in [-0.1, -0.05) is 158 Å². The summed E-state index contributed by atoms with van der Waals surface area (Å²) < 4.78 is 2.59. The quantitative estimate of drug-likeness (QED) is 0.163. The van der Waals surface area contributed by atoms with Crippen LogP contribution in [0, 0.1) is 6.92 Å². The van der Waals surface area contributed by atoms with E-state index < -0.39 is 0 Å². The van der Waals surface area contributed by atoms with Crippen LogP contribution in [0.5, 0.6) is 0 Å². The third-order valence-corrected chi connectivity index (χ3v) is 11.1. The van der Waals surface area contributed by atoms with Gasteiger partial charge in [-0.15, -0.1) is 11.3 Å². The predicted octanol–water partition coefficient (Wildman–Crippen LogP) is 14.5. The van der Waals surface area contributed by atoms with Gasteiger partial charge in [0.15, 0.2) is 0 Å². The fourth-order valence-electron chi connectivity index (χ4n) is 7.41. The second-order valence-electron chi connectivity index (χ2n) is 13.0. The Balaban J connectivity index is 1.19. The van der Waals surface area contributed by atoms with Crippen LogP contribution in [-0.4, -0.2) is 0 Å². The zero-order valence-corrected chi connectivity index (χ0v) is 29.1. The van der Waals surface area contributed by atoms with Crippen LogP contribution in [0.3, 0.4) is 0 Å². The van der Waals surface area contributed by atoms with E-state index in [2.05, 4.69) is 206 Å². The smallest absolute Gasteiger partial charge is 0.0640 e. The summed E-state index contributed by atoms with van der Waals surface area (Å²) >= 11 is 1.87. The van der Waals surface area contributed by atoms with Gasteiger partial charge < -0.3 is 4.90 Å². The van der Waals surface area contributed by atoms with Gasteiger partial charge in [0.25, 0.3) is 0 Å². The lowest BCUT2D eigenvalue weighted by Crippen LogP contribution is -2.10. The zero-order valence-electron chi connectivity index (χ0n) is 28.3. The highest BCUT2D eigenvalue weighted by Gasteiger charge is 2.20. The van der Waals surface area contributed by atoms with E-state index in [4.69, 9.17) is 0 Å². The molecule has 9 rings (SSSR count). The Kier molecular flexibility index (Phi) is 8.00. The second kappa shape index (κ2) is 13.2. The van der Waals surface area contributed by atoms with E-state index in [-0.39, 0.29) is 0 Å². The first-order valence-electron chi connectivity index (χ1n) is 17.4. The molecule has 0 aliphatic carbocycles. The molecule has 0 aliphatic rings. The largest absolute Gasteiger partial charge is 0.309 e. The standard InChI is InChI=1S/C49H35NS/c1-34-33-39(31-32-40(34)44-22-11-10-21-43(44)36-17-6-3-7-18-36)50(47-25-14-24-46-45-23-12-13-26-48(45)51-49(46)47)38-29-27-37(28-30-38)42-20-9-8-19-41(42)35-15-4-2-5-16-35/h2-33H,1H3. The Bertz CT molecular complexity index is 2640. The number of hydrogen-bond donors (Lipinski definition) is 0. The number of thiophene rings is 1. The lowest BCUT2D eigenvalue weighted by molar-refractivity contribution is 1.29. The molecule has 0 amide bonds. The van der Waals surface area contributed by atoms with Crippen LogP contribution in [0.4, 0.5) is 17.1 Å². The van der Waals surface area contributed by atoms with E-state index in [0.717, 1.165) is 11.4 Å². The first-order chi connectivity index (χ1) is 25.2. The summed E-state index contributed by atoms with van der Waals surface area (Å²) in [6.45, 7) is 2.24. The number of hydrogen-bond acceptors (Lipinski definition) is 2. The van der Waals surface area contributed by atoms with Crippen molar-refractivity contribution in [2.24, 2.45) is 0 Å². The van der Waals surface area contributed by atoms with E-state index in [1.54, 1.807) is 0 Å². The van der Waals surface area contributed by atoms with E-state index in [9.17, 15) is 0 Å². The fraction of sp³-hybridized carbons (Fsp3) is 0.0204. The van der Waals surface area contributed by atoms with Gasteiger partial charge in [0.2, 0.25) is 0 Å². The van der Waals surface area contributed by atoms with Gasteiger partial charge in [0.1, 0.15) is 0 Å². The molecule has 0 saturated carbocycles. The van der Waals surface area contributed by atoms with Crippen molar-refractivity contribution in [2.45, 2.75) is 6.92 Å². The highest BCUT2D eigenvalue weighted by atomic mass is 32.1. The maximum absolute atomic E-state index is 2.43. The van der Waals surface area contributed by atoms with Crippen LogP contribution >= 0.6 is 11.3 Å². The minimum atomic E-state index is 1.12. The SMILES string of the molecule is Cc1cc(N(c2ccc(-c3ccccc3-c3ccccc3)cc2)c2cccc3c2sc2ccccc23)ccc1-c1ccccc1-c1ccccc1. The van der Waals surface area contributed by atoms with Crippen LogP contribution in [0.2, 0.25) is 0 Å². The molecule has 242 valence electrons. The van der Waals surface area contributed by atoms with Gasteiger partial charge in [0.05, 0.1) is 10.4 Å². The van der Waals surface area contributed by atoms with Gasteiger partial charge in [-0.25, -0.2) is 0 Å². The molecule has 51 heavy (non-hydrogen) atoms. The Morgan fingerprint density at radius 3 is 1.53 bits per heavy atom. The average molecular weight is 670 g/mol. The number of rotatable bonds is 7. The summed E-state index contributed by atoms with van der Waals surface area (Å²) in [4.78, 5) is 2.43. The summed E-state index contributed by atoms with van der Waals surface area (Å²) in [6.07, 6.45) is 0. The molecule has 0 N–H and O–H groups in total. The van der Waals surface area contributed by atoms with E-state index in [1.165, 1.54) is 75.9 Å². The molecule has 0 spiro atoms. The molecule has 0 aliphatic heterocycles. The van der Waals surface area contributed by atoms with Crippen molar-refractivity contribution in [1.82, 2.24) is 0 Å². The predicted molar refractivity (Wildman–Crippen MR) is 220 cm³/mol. The molecule has 0 bridgehead atoms. The van der Waals surface area contributed by atoms with E-state index in [0.29, 0.717) is 0 Å². The number of fused-ring (bicyclic) bond motifs is 3. The van der Waals surface area contributed by atoms with Gasteiger partial charge in [-0.3, -0.25) is 0 Å². The topological polar surface area (TPSA) is 3.24 Å². The van der Waals surface area contributed by atoms with Crippen molar-refractivity contribution >= 4 is 48.6 Å². The van der Waals surface area contributed by atoms with Crippen molar-refractivity contribution in [3.8, 4) is 44.5 Å². The van der Waals surface area contributed by atoms with Gasteiger partial charge >= 0.3 is 0 Å². The van der Waals surface area contributed by atoms with Crippen LogP contribution in [0.15, 0.2) is 194 Å². The molecular weight excluding hydrogens is 635 g/mol.